The second kappa shape index (κ2) is 5.44. The Labute approximate surface area is 111 Å². The van der Waals surface area contributed by atoms with Gasteiger partial charge in [-0.3, -0.25) is 9.69 Å². The molecule has 1 fully saturated rings. The number of carbonyl (C=O) groups is 2. The molecule has 104 valence electrons. The van der Waals surface area contributed by atoms with Gasteiger partial charge in [-0.2, -0.15) is 0 Å². The van der Waals surface area contributed by atoms with E-state index in [4.69, 9.17) is 15.3 Å². The van der Waals surface area contributed by atoms with Crippen molar-refractivity contribution >= 4 is 11.9 Å². The first-order valence-corrected chi connectivity index (χ1v) is 6.31. The molecule has 2 heterocycles. The van der Waals surface area contributed by atoms with E-state index in [1.54, 1.807) is 13.0 Å². The lowest BCUT2D eigenvalue weighted by molar-refractivity contribution is -0.123. The first kappa shape index (κ1) is 13.6. The molecule has 1 aliphatic rings. The van der Waals surface area contributed by atoms with E-state index in [0.29, 0.717) is 18.1 Å². The first-order chi connectivity index (χ1) is 8.97. The summed E-state index contributed by atoms with van der Waals surface area (Å²) in [4.78, 5) is 24.1. The average Bonchev–Trinajstić information content (AvgIpc) is 2.71. The molecular formula is C13H18N2O4. The molecule has 0 aliphatic carbocycles. The van der Waals surface area contributed by atoms with Gasteiger partial charge >= 0.3 is 5.97 Å². The summed E-state index contributed by atoms with van der Waals surface area (Å²) in [5, 5.41) is 8.96. The lowest BCUT2D eigenvalue weighted by Gasteiger charge is -2.29. The van der Waals surface area contributed by atoms with E-state index in [1.165, 1.54) is 0 Å². The van der Waals surface area contributed by atoms with Crippen LogP contribution in [-0.2, 0) is 11.3 Å². The van der Waals surface area contributed by atoms with Crippen molar-refractivity contribution in [2.75, 3.05) is 13.1 Å². The van der Waals surface area contributed by atoms with Crippen molar-refractivity contribution in [3.63, 3.8) is 0 Å². The Bertz CT molecular complexity index is 487. The minimum atomic E-state index is -0.972. The van der Waals surface area contributed by atoms with Crippen molar-refractivity contribution in [1.29, 1.82) is 0 Å². The van der Waals surface area contributed by atoms with E-state index in [0.717, 1.165) is 25.9 Å². The Morgan fingerprint density at radius 3 is 2.58 bits per heavy atom. The van der Waals surface area contributed by atoms with Crippen LogP contribution in [0.3, 0.4) is 0 Å². The monoisotopic (exact) mass is 266 g/mol. The number of nitrogens with two attached hydrogens (primary N) is 1. The number of furan rings is 1. The maximum Gasteiger partial charge on any atom is 0.339 e. The van der Waals surface area contributed by atoms with Crippen LogP contribution in [0.1, 0.15) is 34.7 Å². The molecule has 1 saturated heterocycles. The van der Waals surface area contributed by atoms with E-state index in [2.05, 4.69) is 4.90 Å². The molecule has 6 heteroatoms. The zero-order valence-corrected chi connectivity index (χ0v) is 10.9. The van der Waals surface area contributed by atoms with Gasteiger partial charge in [0, 0.05) is 5.92 Å². The molecule has 1 amide bonds. The minimum Gasteiger partial charge on any atom is -0.478 e. The van der Waals surface area contributed by atoms with Crippen molar-refractivity contribution in [3.8, 4) is 0 Å². The van der Waals surface area contributed by atoms with Crippen molar-refractivity contribution in [3.05, 3.63) is 23.2 Å². The van der Waals surface area contributed by atoms with Gasteiger partial charge in [-0.1, -0.05) is 0 Å². The van der Waals surface area contributed by atoms with Gasteiger partial charge in [-0.05, 0) is 38.9 Å². The molecule has 1 aromatic heterocycles. The number of likely N-dealkylation sites (tertiary alicyclic amines) is 1. The number of hydrogen-bond acceptors (Lipinski definition) is 4. The van der Waals surface area contributed by atoms with Crippen LogP contribution in [0.4, 0.5) is 0 Å². The number of hydrogen-bond donors (Lipinski definition) is 2. The fourth-order valence-corrected chi connectivity index (χ4v) is 2.43. The summed E-state index contributed by atoms with van der Waals surface area (Å²) in [6.45, 7) is 3.76. The maximum atomic E-state index is 11.1. The Balaban J connectivity index is 1.94. The molecule has 0 radical (unpaired) electrons. The lowest BCUT2D eigenvalue weighted by Crippen LogP contribution is -2.38. The standard InChI is InChI=1S/C13H18N2O4/c1-8-11(13(17)18)6-10(19-8)7-15-4-2-9(3-5-15)12(14)16/h6,9H,2-5,7H2,1H3,(H2,14,16)(H,17,18). The van der Waals surface area contributed by atoms with Gasteiger partial charge < -0.3 is 15.3 Å². The van der Waals surface area contributed by atoms with Crippen LogP contribution in [0.2, 0.25) is 0 Å². The number of primary amides is 1. The van der Waals surface area contributed by atoms with E-state index in [9.17, 15) is 9.59 Å². The normalized spacial score (nSPS) is 17.5. The number of rotatable bonds is 4. The zero-order chi connectivity index (χ0) is 14.0. The quantitative estimate of drug-likeness (QED) is 0.846. The van der Waals surface area contributed by atoms with Crippen LogP contribution in [0, 0.1) is 12.8 Å². The van der Waals surface area contributed by atoms with Crippen LogP contribution >= 0.6 is 0 Å². The Kier molecular flexibility index (Phi) is 3.90. The van der Waals surface area contributed by atoms with Gasteiger partial charge in [0.25, 0.3) is 0 Å². The summed E-state index contributed by atoms with van der Waals surface area (Å²) in [6.07, 6.45) is 1.50. The molecule has 2 rings (SSSR count). The molecule has 19 heavy (non-hydrogen) atoms. The highest BCUT2D eigenvalue weighted by Crippen LogP contribution is 2.21. The molecule has 0 bridgehead atoms. The number of nitrogens with zero attached hydrogens (tertiary/aromatic N) is 1. The third-order valence-electron chi connectivity index (χ3n) is 3.57. The number of amides is 1. The summed E-state index contributed by atoms with van der Waals surface area (Å²) in [7, 11) is 0. The Morgan fingerprint density at radius 2 is 2.11 bits per heavy atom. The summed E-state index contributed by atoms with van der Waals surface area (Å²) in [5.41, 5.74) is 5.49. The predicted molar refractivity (Wildman–Crippen MR) is 67.6 cm³/mol. The van der Waals surface area contributed by atoms with E-state index >= 15 is 0 Å². The third kappa shape index (κ3) is 3.14. The van der Waals surface area contributed by atoms with Crippen molar-refractivity contribution in [1.82, 2.24) is 4.90 Å². The van der Waals surface area contributed by atoms with Crippen LogP contribution < -0.4 is 5.73 Å². The second-order valence-electron chi connectivity index (χ2n) is 4.94. The summed E-state index contributed by atoms with van der Waals surface area (Å²) < 4.78 is 5.44. The smallest absolute Gasteiger partial charge is 0.339 e. The van der Waals surface area contributed by atoms with Crippen LogP contribution in [0.15, 0.2) is 10.5 Å². The average molecular weight is 266 g/mol. The second-order valence-corrected chi connectivity index (χ2v) is 4.94. The van der Waals surface area contributed by atoms with Crippen molar-refractivity contribution in [2.45, 2.75) is 26.3 Å². The van der Waals surface area contributed by atoms with E-state index in [-0.39, 0.29) is 17.4 Å². The predicted octanol–water partition coefficient (Wildman–Crippen LogP) is 0.984. The highest BCUT2D eigenvalue weighted by molar-refractivity contribution is 5.88. The third-order valence-corrected chi connectivity index (χ3v) is 3.57. The molecule has 0 saturated carbocycles. The molecular weight excluding hydrogens is 248 g/mol. The van der Waals surface area contributed by atoms with Crippen molar-refractivity contribution in [2.24, 2.45) is 11.7 Å². The molecule has 0 spiro atoms. The molecule has 0 unspecified atom stereocenters. The minimum absolute atomic E-state index is 0.0378. The molecule has 1 aromatic rings. The summed E-state index contributed by atoms with van der Waals surface area (Å²) in [6, 6.07) is 1.57. The first-order valence-electron chi connectivity index (χ1n) is 6.31. The summed E-state index contributed by atoms with van der Waals surface area (Å²) >= 11 is 0. The van der Waals surface area contributed by atoms with Gasteiger partial charge in [0.1, 0.15) is 17.1 Å². The SMILES string of the molecule is Cc1oc(CN2CCC(C(N)=O)CC2)cc1C(=O)O. The highest BCUT2D eigenvalue weighted by Gasteiger charge is 2.24. The van der Waals surface area contributed by atoms with Crippen LogP contribution in [0.25, 0.3) is 0 Å². The molecule has 0 atom stereocenters. The fraction of sp³-hybridized carbons (Fsp3) is 0.538. The zero-order valence-electron chi connectivity index (χ0n) is 10.9. The van der Waals surface area contributed by atoms with E-state index < -0.39 is 5.97 Å². The number of carbonyl (C=O) groups excluding carboxylic acids is 1. The molecule has 1 aliphatic heterocycles. The molecule has 6 nitrogen and oxygen atoms in total. The number of aryl methyl sites for hydroxylation is 1. The fourth-order valence-electron chi connectivity index (χ4n) is 2.43. The Hall–Kier alpha value is -1.82. The lowest BCUT2D eigenvalue weighted by atomic mass is 9.96. The number of carboxylic acids is 1. The topological polar surface area (TPSA) is 96.8 Å². The van der Waals surface area contributed by atoms with Gasteiger partial charge in [-0.15, -0.1) is 0 Å². The Morgan fingerprint density at radius 1 is 1.47 bits per heavy atom. The van der Waals surface area contributed by atoms with E-state index in [1.807, 2.05) is 0 Å². The summed E-state index contributed by atoms with van der Waals surface area (Å²) in [5.74, 6) is -0.173. The molecule has 3 N–H and O–H groups in total. The van der Waals surface area contributed by atoms with Gasteiger partial charge in [-0.25, -0.2) is 4.79 Å². The van der Waals surface area contributed by atoms with Crippen molar-refractivity contribution < 1.29 is 19.1 Å². The maximum absolute atomic E-state index is 11.1. The number of piperidine rings is 1. The van der Waals surface area contributed by atoms with Gasteiger partial charge in [0.15, 0.2) is 0 Å². The van der Waals surface area contributed by atoms with Crippen LogP contribution in [0.5, 0.6) is 0 Å². The largest absolute Gasteiger partial charge is 0.478 e. The number of aromatic carboxylic acids is 1. The van der Waals surface area contributed by atoms with Gasteiger partial charge in [0.2, 0.25) is 5.91 Å². The number of carboxylic acid groups (broad SMARTS) is 1. The van der Waals surface area contributed by atoms with Crippen LogP contribution in [-0.4, -0.2) is 35.0 Å². The molecule has 0 aromatic carbocycles. The van der Waals surface area contributed by atoms with Gasteiger partial charge in [0.05, 0.1) is 6.54 Å². The highest BCUT2D eigenvalue weighted by atomic mass is 16.4.